The lowest BCUT2D eigenvalue weighted by atomic mass is 10.1. The first-order valence-corrected chi connectivity index (χ1v) is 9.21. The molecule has 0 saturated heterocycles. The van der Waals surface area contributed by atoms with E-state index in [4.69, 9.17) is 0 Å². The van der Waals surface area contributed by atoms with Crippen LogP contribution >= 0.6 is 26.0 Å². The molecule has 0 aromatic heterocycles. The second-order valence-electron chi connectivity index (χ2n) is 5.17. The first-order chi connectivity index (χ1) is 7.83. The topological polar surface area (TPSA) is 0 Å². The van der Waals surface area contributed by atoms with Crippen LogP contribution in [0.1, 0.15) is 20.3 Å². The van der Waals surface area contributed by atoms with Gasteiger partial charge in [-0.3, -0.25) is 0 Å². The lowest BCUT2D eigenvalue weighted by Crippen LogP contribution is -2.32. The Morgan fingerprint density at radius 3 is 2.71 bits per heavy atom. The van der Waals surface area contributed by atoms with Gasteiger partial charge in [0.05, 0.1) is 0 Å². The van der Waals surface area contributed by atoms with Gasteiger partial charge in [-0.2, -0.15) is 0 Å². The Labute approximate surface area is 116 Å². The fourth-order valence-electron chi connectivity index (χ4n) is 1.95. The summed E-state index contributed by atoms with van der Waals surface area (Å²) in [5.74, 6) is 0. The van der Waals surface area contributed by atoms with Gasteiger partial charge >= 0.3 is 0 Å². The first-order valence-electron chi connectivity index (χ1n) is 5.90. The fraction of sp³-hybridized carbons (Fsp3) is 0.467. The molecule has 0 aromatic carbocycles. The Morgan fingerprint density at radius 1 is 1.47 bits per heavy atom. The molecule has 1 aliphatic rings. The summed E-state index contributed by atoms with van der Waals surface area (Å²) in [6.07, 6.45) is 19.1. The maximum Gasteiger partial charge on any atom is 0.0340 e. The minimum absolute atomic E-state index is 0.154. The van der Waals surface area contributed by atoms with E-state index >= 15 is 0 Å². The van der Waals surface area contributed by atoms with Gasteiger partial charge in [0.2, 0.25) is 0 Å². The SMILES string of the molecule is C=CCC(C)S(C)(C)[C@]1(C)C=CC=C(Br)C=C1. The summed E-state index contributed by atoms with van der Waals surface area (Å²) >= 11 is 3.54. The van der Waals surface area contributed by atoms with E-state index < -0.39 is 10.0 Å². The van der Waals surface area contributed by atoms with Crippen molar-refractivity contribution in [1.29, 1.82) is 0 Å². The predicted octanol–water partition coefficient (Wildman–Crippen LogP) is 5.18. The van der Waals surface area contributed by atoms with Crippen molar-refractivity contribution in [2.24, 2.45) is 0 Å². The van der Waals surface area contributed by atoms with Crippen LogP contribution in [0.4, 0.5) is 0 Å². The smallest absolute Gasteiger partial charge is 0.0340 e. The van der Waals surface area contributed by atoms with Crippen LogP contribution in [0.3, 0.4) is 0 Å². The molecule has 0 spiro atoms. The number of hydrogen-bond donors (Lipinski definition) is 0. The average molecular weight is 315 g/mol. The molecule has 0 radical (unpaired) electrons. The van der Waals surface area contributed by atoms with Crippen molar-refractivity contribution in [3.63, 3.8) is 0 Å². The summed E-state index contributed by atoms with van der Waals surface area (Å²) in [5, 5.41) is 0.677. The number of allylic oxidation sites excluding steroid dienone is 5. The quantitative estimate of drug-likeness (QED) is 0.627. The molecule has 0 aliphatic heterocycles. The molecular weight excluding hydrogens is 292 g/mol. The van der Waals surface area contributed by atoms with Gasteiger partial charge in [-0.1, -0.05) is 53.2 Å². The summed E-state index contributed by atoms with van der Waals surface area (Å²) in [5.41, 5.74) is 0. The zero-order valence-electron chi connectivity index (χ0n) is 11.2. The predicted molar refractivity (Wildman–Crippen MR) is 87.4 cm³/mol. The van der Waals surface area contributed by atoms with Crippen LogP contribution in [-0.2, 0) is 0 Å². The molecule has 1 unspecified atom stereocenters. The Kier molecular flexibility index (Phi) is 4.91. The van der Waals surface area contributed by atoms with Crippen LogP contribution in [0.2, 0.25) is 0 Å². The molecular formula is C15H23BrS. The minimum atomic E-state index is -0.770. The largest absolute Gasteiger partial charge is 0.232 e. The Morgan fingerprint density at radius 2 is 2.12 bits per heavy atom. The lowest BCUT2D eigenvalue weighted by Gasteiger charge is -2.50. The first kappa shape index (κ1) is 14.8. The van der Waals surface area contributed by atoms with Crippen molar-refractivity contribution in [3.05, 3.63) is 47.5 Å². The second-order valence-corrected chi connectivity index (χ2v) is 10.6. The monoisotopic (exact) mass is 314 g/mol. The van der Waals surface area contributed by atoms with E-state index in [1.165, 1.54) is 0 Å². The van der Waals surface area contributed by atoms with Crippen molar-refractivity contribution in [2.45, 2.75) is 30.3 Å². The highest BCUT2D eigenvalue weighted by atomic mass is 79.9. The lowest BCUT2D eigenvalue weighted by molar-refractivity contribution is 0.907. The Hall–Kier alpha value is -0.210. The molecule has 0 saturated carbocycles. The summed E-state index contributed by atoms with van der Waals surface area (Å²) in [6, 6.07) is 0. The molecule has 2 heteroatoms. The molecule has 0 nitrogen and oxygen atoms in total. The number of rotatable bonds is 4. The van der Waals surface area contributed by atoms with Crippen LogP contribution in [0, 0.1) is 0 Å². The van der Waals surface area contributed by atoms with Gasteiger partial charge in [0.1, 0.15) is 0 Å². The van der Waals surface area contributed by atoms with E-state index in [1.807, 2.05) is 6.08 Å². The molecule has 1 rings (SSSR count). The normalized spacial score (nSPS) is 27.2. The number of hydrogen-bond acceptors (Lipinski definition) is 0. The highest BCUT2D eigenvalue weighted by Gasteiger charge is 2.36. The Bertz CT molecular complexity index is 376. The van der Waals surface area contributed by atoms with Crippen LogP contribution in [0.15, 0.2) is 47.5 Å². The minimum Gasteiger partial charge on any atom is -0.232 e. The zero-order chi connectivity index (χ0) is 13.1. The summed E-state index contributed by atoms with van der Waals surface area (Å²) in [7, 11) is -0.770. The highest BCUT2D eigenvalue weighted by Crippen LogP contribution is 2.59. The van der Waals surface area contributed by atoms with Gasteiger partial charge in [-0.15, -0.1) is 6.58 Å². The van der Waals surface area contributed by atoms with E-state index in [2.05, 4.69) is 79.2 Å². The maximum atomic E-state index is 3.87. The van der Waals surface area contributed by atoms with Gasteiger partial charge in [-0.05, 0) is 37.2 Å². The van der Waals surface area contributed by atoms with E-state index in [0.717, 1.165) is 10.9 Å². The van der Waals surface area contributed by atoms with Gasteiger partial charge in [0, 0.05) is 9.23 Å². The summed E-state index contributed by atoms with van der Waals surface area (Å²) < 4.78 is 1.30. The van der Waals surface area contributed by atoms with Crippen molar-refractivity contribution >= 4 is 26.0 Å². The highest BCUT2D eigenvalue weighted by molar-refractivity contribution is 9.11. The maximum absolute atomic E-state index is 3.87. The van der Waals surface area contributed by atoms with Gasteiger partial charge < -0.3 is 0 Å². The molecule has 0 bridgehead atoms. The summed E-state index contributed by atoms with van der Waals surface area (Å²) in [6.45, 7) is 8.56. The standard InChI is InChI=1S/C15H23BrS/c1-6-8-13(2)17(4,5)15(3)11-7-9-14(16)10-12-15/h6-7,9-13H,1,8H2,2-5H3/t13?,15-/m1/s1. The van der Waals surface area contributed by atoms with E-state index in [0.29, 0.717) is 5.25 Å². The van der Waals surface area contributed by atoms with Crippen molar-refractivity contribution in [3.8, 4) is 0 Å². The van der Waals surface area contributed by atoms with Crippen molar-refractivity contribution in [2.75, 3.05) is 12.5 Å². The zero-order valence-corrected chi connectivity index (χ0v) is 13.6. The van der Waals surface area contributed by atoms with Gasteiger partial charge in [0.15, 0.2) is 0 Å². The van der Waals surface area contributed by atoms with Gasteiger partial charge in [0.25, 0.3) is 0 Å². The van der Waals surface area contributed by atoms with Crippen LogP contribution in [-0.4, -0.2) is 22.5 Å². The van der Waals surface area contributed by atoms with Gasteiger partial charge in [-0.25, -0.2) is 10.0 Å². The third-order valence-electron chi connectivity index (χ3n) is 3.89. The summed E-state index contributed by atoms with van der Waals surface area (Å²) in [4.78, 5) is 0. The molecule has 17 heavy (non-hydrogen) atoms. The molecule has 1 aliphatic carbocycles. The van der Waals surface area contributed by atoms with Crippen molar-refractivity contribution < 1.29 is 0 Å². The Balaban J connectivity index is 3.05. The molecule has 2 atom stereocenters. The molecule has 0 amide bonds. The van der Waals surface area contributed by atoms with Crippen LogP contribution in [0.5, 0.6) is 0 Å². The van der Waals surface area contributed by atoms with E-state index in [1.54, 1.807) is 0 Å². The fourth-order valence-corrected chi connectivity index (χ4v) is 4.56. The molecule has 0 aromatic rings. The van der Waals surface area contributed by atoms with Crippen LogP contribution in [0.25, 0.3) is 0 Å². The van der Waals surface area contributed by atoms with Crippen molar-refractivity contribution in [1.82, 2.24) is 0 Å². The third-order valence-corrected chi connectivity index (χ3v) is 9.17. The second kappa shape index (κ2) is 5.62. The third kappa shape index (κ3) is 3.17. The van der Waals surface area contributed by atoms with E-state index in [9.17, 15) is 0 Å². The molecule has 96 valence electrons. The number of halogens is 1. The molecule has 0 fully saturated rings. The molecule has 0 N–H and O–H groups in total. The van der Waals surface area contributed by atoms with Crippen LogP contribution < -0.4 is 0 Å². The average Bonchev–Trinajstić information content (AvgIpc) is 2.42. The molecule has 0 heterocycles. The van der Waals surface area contributed by atoms with E-state index in [-0.39, 0.29) is 4.75 Å².